The molecule has 0 aliphatic carbocycles. The van der Waals surface area contributed by atoms with Crippen molar-refractivity contribution >= 4 is 21.9 Å². The lowest BCUT2D eigenvalue weighted by atomic mass is 10.1. The number of nitrogens with two attached hydrogens (primary N) is 1. The standard InChI is InChI=1S/C10H11BrFNO3/c1-16-9-5(4-8(13)10(14)15)6(11)2-3-7(9)12/h2-3,8H,4,13H2,1H3,(H,14,15). The van der Waals surface area contributed by atoms with Crippen LogP contribution in [0.4, 0.5) is 4.39 Å². The molecule has 1 rings (SSSR count). The molecule has 0 amide bonds. The molecule has 0 bridgehead atoms. The first kappa shape index (κ1) is 12.9. The summed E-state index contributed by atoms with van der Waals surface area (Å²) in [5.74, 6) is -1.66. The Morgan fingerprint density at radius 3 is 2.81 bits per heavy atom. The van der Waals surface area contributed by atoms with E-state index in [1.54, 1.807) is 0 Å². The van der Waals surface area contributed by atoms with Crippen LogP contribution in [-0.2, 0) is 11.2 Å². The van der Waals surface area contributed by atoms with Gasteiger partial charge in [0, 0.05) is 16.5 Å². The van der Waals surface area contributed by atoms with Gasteiger partial charge in [-0.3, -0.25) is 4.79 Å². The maximum absolute atomic E-state index is 13.3. The molecule has 0 radical (unpaired) electrons. The highest BCUT2D eigenvalue weighted by atomic mass is 79.9. The normalized spacial score (nSPS) is 12.2. The van der Waals surface area contributed by atoms with Crippen molar-refractivity contribution in [3.05, 3.63) is 28.0 Å². The molecule has 1 aromatic carbocycles. The number of ether oxygens (including phenoxy) is 1. The van der Waals surface area contributed by atoms with Gasteiger partial charge in [-0.15, -0.1) is 0 Å². The molecule has 1 atom stereocenters. The summed E-state index contributed by atoms with van der Waals surface area (Å²) in [6.45, 7) is 0. The zero-order valence-corrected chi connectivity index (χ0v) is 10.1. The van der Waals surface area contributed by atoms with Crippen molar-refractivity contribution in [1.82, 2.24) is 0 Å². The molecule has 0 fully saturated rings. The number of halogens is 2. The van der Waals surface area contributed by atoms with E-state index in [1.165, 1.54) is 19.2 Å². The summed E-state index contributed by atoms with van der Waals surface area (Å²) >= 11 is 3.20. The molecule has 0 aromatic heterocycles. The van der Waals surface area contributed by atoms with Crippen LogP contribution in [0.2, 0.25) is 0 Å². The average Bonchev–Trinajstić information content (AvgIpc) is 2.23. The molecule has 0 aliphatic rings. The second kappa shape index (κ2) is 5.27. The van der Waals surface area contributed by atoms with Gasteiger partial charge in [0.05, 0.1) is 7.11 Å². The third-order valence-electron chi connectivity index (χ3n) is 2.10. The molecule has 0 spiro atoms. The molecule has 6 heteroatoms. The van der Waals surface area contributed by atoms with E-state index in [0.29, 0.717) is 10.0 Å². The van der Waals surface area contributed by atoms with Gasteiger partial charge in [-0.2, -0.15) is 0 Å². The van der Waals surface area contributed by atoms with Crippen molar-refractivity contribution in [3.8, 4) is 5.75 Å². The Morgan fingerprint density at radius 2 is 2.31 bits per heavy atom. The van der Waals surface area contributed by atoms with Gasteiger partial charge in [0.2, 0.25) is 0 Å². The number of carboxylic acids is 1. The summed E-state index contributed by atoms with van der Waals surface area (Å²) in [5.41, 5.74) is 5.81. The zero-order valence-electron chi connectivity index (χ0n) is 8.54. The SMILES string of the molecule is COc1c(F)ccc(Br)c1CC(N)C(=O)O. The summed E-state index contributed by atoms with van der Waals surface area (Å²) in [6.07, 6.45) is -0.00313. The lowest BCUT2D eigenvalue weighted by Gasteiger charge is -2.13. The fourth-order valence-electron chi connectivity index (χ4n) is 1.29. The van der Waals surface area contributed by atoms with Crippen molar-refractivity contribution in [2.75, 3.05) is 7.11 Å². The first-order valence-electron chi connectivity index (χ1n) is 4.46. The smallest absolute Gasteiger partial charge is 0.320 e. The van der Waals surface area contributed by atoms with E-state index < -0.39 is 17.8 Å². The zero-order chi connectivity index (χ0) is 12.3. The predicted octanol–water partition coefficient (Wildman–Crippen LogP) is 1.55. The van der Waals surface area contributed by atoms with Crippen LogP contribution in [0.15, 0.2) is 16.6 Å². The number of methoxy groups -OCH3 is 1. The Morgan fingerprint density at radius 1 is 1.69 bits per heavy atom. The number of hydrogen-bond donors (Lipinski definition) is 2. The van der Waals surface area contributed by atoms with E-state index in [1.807, 2.05) is 0 Å². The number of aliphatic carboxylic acids is 1. The van der Waals surface area contributed by atoms with Gasteiger partial charge in [0.25, 0.3) is 0 Å². The molecule has 3 N–H and O–H groups in total. The highest BCUT2D eigenvalue weighted by Gasteiger charge is 2.19. The number of hydrogen-bond acceptors (Lipinski definition) is 3. The maximum atomic E-state index is 13.3. The van der Waals surface area contributed by atoms with Crippen molar-refractivity contribution in [3.63, 3.8) is 0 Å². The Kier molecular flexibility index (Phi) is 4.26. The topological polar surface area (TPSA) is 72.5 Å². The Hall–Kier alpha value is -1.14. The fourth-order valence-corrected chi connectivity index (χ4v) is 1.77. The second-order valence-electron chi connectivity index (χ2n) is 3.19. The maximum Gasteiger partial charge on any atom is 0.320 e. The van der Waals surface area contributed by atoms with E-state index in [4.69, 9.17) is 15.6 Å². The summed E-state index contributed by atoms with van der Waals surface area (Å²) in [7, 11) is 1.32. The number of benzene rings is 1. The molecule has 1 unspecified atom stereocenters. The fraction of sp³-hybridized carbons (Fsp3) is 0.300. The summed E-state index contributed by atoms with van der Waals surface area (Å²) < 4.78 is 18.8. The molecule has 4 nitrogen and oxygen atoms in total. The van der Waals surface area contributed by atoms with Crippen LogP contribution in [0.5, 0.6) is 5.75 Å². The van der Waals surface area contributed by atoms with Crippen LogP contribution in [-0.4, -0.2) is 24.2 Å². The highest BCUT2D eigenvalue weighted by molar-refractivity contribution is 9.10. The lowest BCUT2D eigenvalue weighted by molar-refractivity contribution is -0.138. The minimum atomic E-state index is -1.14. The average molecular weight is 292 g/mol. The Bertz CT molecular complexity index is 411. The molecule has 0 aliphatic heterocycles. The largest absolute Gasteiger partial charge is 0.493 e. The highest BCUT2D eigenvalue weighted by Crippen LogP contribution is 2.30. The van der Waals surface area contributed by atoms with Crippen molar-refractivity contribution in [2.24, 2.45) is 5.73 Å². The molecular formula is C10H11BrFNO3. The van der Waals surface area contributed by atoms with Crippen LogP contribution in [0, 0.1) is 5.82 Å². The first-order chi connectivity index (χ1) is 7.47. The van der Waals surface area contributed by atoms with Crippen LogP contribution in [0.25, 0.3) is 0 Å². The van der Waals surface area contributed by atoms with Gasteiger partial charge >= 0.3 is 5.97 Å². The predicted molar refractivity (Wildman–Crippen MR) is 60.0 cm³/mol. The van der Waals surface area contributed by atoms with E-state index >= 15 is 0 Å². The Labute approximate surface area is 100 Å². The third-order valence-corrected chi connectivity index (χ3v) is 2.84. The molecular weight excluding hydrogens is 281 g/mol. The number of carboxylic acid groups (broad SMARTS) is 1. The van der Waals surface area contributed by atoms with Crippen LogP contribution >= 0.6 is 15.9 Å². The molecule has 1 aromatic rings. The lowest BCUT2D eigenvalue weighted by Crippen LogP contribution is -2.32. The molecule has 16 heavy (non-hydrogen) atoms. The van der Waals surface area contributed by atoms with Gasteiger partial charge < -0.3 is 15.6 Å². The van der Waals surface area contributed by atoms with Gasteiger partial charge in [-0.05, 0) is 12.1 Å². The van der Waals surface area contributed by atoms with E-state index in [-0.39, 0.29) is 12.2 Å². The van der Waals surface area contributed by atoms with E-state index in [0.717, 1.165) is 0 Å². The molecule has 0 saturated carbocycles. The van der Waals surface area contributed by atoms with Gasteiger partial charge in [-0.1, -0.05) is 15.9 Å². The third kappa shape index (κ3) is 2.70. The summed E-state index contributed by atoms with van der Waals surface area (Å²) in [4.78, 5) is 10.6. The first-order valence-corrected chi connectivity index (χ1v) is 5.26. The molecule has 88 valence electrons. The number of carbonyl (C=O) groups is 1. The quantitative estimate of drug-likeness (QED) is 0.883. The summed E-state index contributed by atoms with van der Waals surface area (Å²) in [6, 6.07) is 1.63. The Balaban J connectivity index is 3.11. The second-order valence-corrected chi connectivity index (χ2v) is 4.04. The van der Waals surface area contributed by atoms with Gasteiger partial charge in [0.15, 0.2) is 11.6 Å². The minimum absolute atomic E-state index is 0.00313. The van der Waals surface area contributed by atoms with E-state index in [9.17, 15) is 9.18 Å². The van der Waals surface area contributed by atoms with Crippen LogP contribution < -0.4 is 10.5 Å². The summed E-state index contributed by atoms with van der Waals surface area (Å²) in [5, 5.41) is 8.69. The molecule has 0 heterocycles. The van der Waals surface area contributed by atoms with Crippen molar-refractivity contribution in [1.29, 1.82) is 0 Å². The monoisotopic (exact) mass is 291 g/mol. The van der Waals surface area contributed by atoms with Gasteiger partial charge in [-0.25, -0.2) is 4.39 Å². The minimum Gasteiger partial charge on any atom is -0.493 e. The van der Waals surface area contributed by atoms with Crippen molar-refractivity contribution in [2.45, 2.75) is 12.5 Å². The molecule has 0 saturated heterocycles. The van der Waals surface area contributed by atoms with Crippen LogP contribution in [0.1, 0.15) is 5.56 Å². The number of rotatable bonds is 4. The van der Waals surface area contributed by atoms with Crippen molar-refractivity contribution < 1.29 is 19.0 Å². The van der Waals surface area contributed by atoms with E-state index in [2.05, 4.69) is 15.9 Å². The van der Waals surface area contributed by atoms with Gasteiger partial charge in [0.1, 0.15) is 6.04 Å². The van der Waals surface area contributed by atoms with Crippen LogP contribution in [0.3, 0.4) is 0 Å².